The summed E-state index contributed by atoms with van der Waals surface area (Å²) in [6.07, 6.45) is 3.85. The van der Waals surface area contributed by atoms with Crippen molar-refractivity contribution in [3.05, 3.63) is 18.0 Å². The Bertz CT molecular complexity index is 357. The van der Waals surface area contributed by atoms with Gasteiger partial charge in [0, 0.05) is 17.4 Å². The number of rotatable bonds is 4. The maximum atomic E-state index is 4.77. The highest BCUT2D eigenvalue weighted by Crippen LogP contribution is 2.28. The van der Waals surface area contributed by atoms with Crippen LogP contribution in [0.5, 0.6) is 0 Å². The normalized spacial score (nSPS) is 21.2. The Kier molecular flexibility index (Phi) is 3.53. The fourth-order valence-electron chi connectivity index (χ4n) is 1.69. The summed E-state index contributed by atoms with van der Waals surface area (Å²) in [4.78, 5) is 4.50. The predicted octanol–water partition coefficient (Wildman–Crippen LogP) is 2.43. The molecule has 1 N–H and O–H groups in total. The van der Waals surface area contributed by atoms with Crippen molar-refractivity contribution in [2.45, 2.75) is 38.8 Å². The SMILES string of the molecule is CCC1(CC)CSC(=NCc2ccon2)N1. The van der Waals surface area contributed by atoms with Crippen molar-refractivity contribution >= 4 is 16.9 Å². The van der Waals surface area contributed by atoms with Gasteiger partial charge in [-0.25, -0.2) is 0 Å². The first-order valence-electron chi connectivity index (χ1n) is 5.62. The molecule has 88 valence electrons. The lowest BCUT2D eigenvalue weighted by molar-refractivity contribution is 0.406. The van der Waals surface area contributed by atoms with E-state index in [-0.39, 0.29) is 5.54 Å². The summed E-state index contributed by atoms with van der Waals surface area (Å²) >= 11 is 1.80. The van der Waals surface area contributed by atoms with Crippen LogP contribution in [0, 0.1) is 0 Å². The minimum atomic E-state index is 0.243. The summed E-state index contributed by atoms with van der Waals surface area (Å²) in [5.74, 6) is 1.11. The van der Waals surface area contributed by atoms with E-state index in [0.717, 1.165) is 29.5 Å². The van der Waals surface area contributed by atoms with E-state index in [1.165, 1.54) is 0 Å². The fourth-order valence-corrected chi connectivity index (χ4v) is 3.03. The molecule has 0 spiro atoms. The van der Waals surface area contributed by atoms with E-state index in [2.05, 4.69) is 29.3 Å². The second-order valence-corrected chi connectivity index (χ2v) is 4.98. The Balaban J connectivity index is 1.95. The van der Waals surface area contributed by atoms with Gasteiger partial charge in [-0.05, 0) is 12.8 Å². The first kappa shape index (κ1) is 11.5. The molecule has 0 radical (unpaired) electrons. The van der Waals surface area contributed by atoms with Crippen LogP contribution in [0.15, 0.2) is 21.8 Å². The summed E-state index contributed by atoms with van der Waals surface area (Å²) in [6.45, 7) is 5.03. The molecule has 1 aliphatic rings. The standard InChI is InChI=1S/C11H17N3OS/c1-3-11(4-2)8-16-10(13-11)12-7-9-5-6-15-14-9/h5-6H,3-4,7-8H2,1-2H3,(H,12,13). The second-order valence-electron chi connectivity index (χ2n) is 4.01. The number of amidine groups is 1. The molecule has 2 heterocycles. The van der Waals surface area contributed by atoms with Gasteiger partial charge in [-0.2, -0.15) is 0 Å². The Morgan fingerprint density at radius 2 is 2.38 bits per heavy atom. The van der Waals surface area contributed by atoms with Crippen molar-refractivity contribution in [2.75, 3.05) is 5.75 Å². The molecular weight excluding hydrogens is 222 g/mol. The van der Waals surface area contributed by atoms with Crippen molar-refractivity contribution in [3.63, 3.8) is 0 Å². The lowest BCUT2D eigenvalue weighted by Gasteiger charge is -2.25. The minimum Gasteiger partial charge on any atom is -0.364 e. The maximum absolute atomic E-state index is 4.77. The van der Waals surface area contributed by atoms with Crippen LogP contribution in [-0.2, 0) is 6.54 Å². The van der Waals surface area contributed by atoms with Crippen LogP contribution >= 0.6 is 11.8 Å². The molecule has 0 amide bonds. The highest BCUT2D eigenvalue weighted by Gasteiger charge is 2.33. The zero-order valence-electron chi connectivity index (χ0n) is 9.69. The number of aliphatic imine (C=N–C) groups is 1. The van der Waals surface area contributed by atoms with Crippen LogP contribution in [0.3, 0.4) is 0 Å². The smallest absolute Gasteiger partial charge is 0.157 e. The molecule has 0 aromatic carbocycles. The minimum absolute atomic E-state index is 0.243. The van der Waals surface area contributed by atoms with Crippen LogP contribution in [0.25, 0.3) is 0 Å². The van der Waals surface area contributed by atoms with E-state index in [4.69, 9.17) is 4.52 Å². The highest BCUT2D eigenvalue weighted by molar-refractivity contribution is 8.14. The molecule has 1 fully saturated rings. The number of hydrogen-bond donors (Lipinski definition) is 1. The second kappa shape index (κ2) is 4.91. The van der Waals surface area contributed by atoms with Gasteiger partial charge in [0.1, 0.15) is 12.0 Å². The first-order valence-corrected chi connectivity index (χ1v) is 6.61. The number of nitrogens with one attached hydrogen (secondary N) is 1. The van der Waals surface area contributed by atoms with Crippen LogP contribution in [0.2, 0.25) is 0 Å². The largest absolute Gasteiger partial charge is 0.364 e. The maximum Gasteiger partial charge on any atom is 0.157 e. The quantitative estimate of drug-likeness (QED) is 0.876. The van der Waals surface area contributed by atoms with Gasteiger partial charge < -0.3 is 9.84 Å². The van der Waals surface area contributed by atoms with Gasteiger partial charge in [0.2, 0.25) is 0 Å². The lowest BCUT2D eigenvalue weighted by atomic mass is 9.96. The highest BCUT2D eigenvalue weighted by atomic mass is 32.2. The zero-order valence-corrected chi connectivity index (χ0v) is 10.5. The molecule has 0 bridgehead atoms. The molecule has 2 rings (SSSR count). The number of hydrogen-bond acceptors (Lipinski definition) is 4. The molecule has 1 aromatic heterocycles. The molecular formula is C11H17N3OS. The van der Waals surface area contributed by atoms with E-state index in [0.29, 0.717) is 6.54 Å². The van der Waals surface area contributed by atoms with Gasteiger partial charge in [0.25, 0.3) is 0 Å². The molecule has 1 aromatic rings. The van der Waals surface area contributed by atoms with E-state index in [1.807, 2.05) is 6.07 Å². The third-order valence-corrected chi connectivity index (χ3v) is 4.29. The molecule has 16 heavy (non-hydrogen) atoms. The Morgan fingerprint density at radius 1 is 1.56 bits per heavy atom. The summed E-state index contributed by atoms with van der Waals surface area (Å²) < 4.78 is 4.77. The van der Waals surface area contributed by atoms with E-state index >= 15 is 0 Å². The van der Waals surface area contributed by atoms with Gasteiger partial charge in [-0.1, -0.05) is 30.8 Å². The Morgan fingerprint density at radius 3 is 2.94 bits per heavy atom. The number of aromatic nitrogens is 1. The van der Waals surface area contributed by atoms with Gasteiger partial charge >= 0.3 is 0 Å². The van der Waals surface area contributed by atoms with Gasteiger partial charge in [0.05, 0.1) is 6.54 Å². The summed E-state index contributed by atoms with van der Waals surface area (Å²) in [5.41, 5.74) is 1.12. The van der Waals surface area contributed by atoms with Gasteiger partial charge in [-0.3, -0.25) is 4.99 Å². The topological polar surface area (TPSA) is 50.4 Å². The van der Waals surface area contributed by atoms with Crippen LogP contribution < -0.4 is 5.32 Å². The van der Waals surface area contributed by atoms with Crippen LogP contribution in [0.4, 0.5) is 0 Å². The van der Waals surface area contributed by atoms with Crippen molar-refractivity contribution in [3.8, 4) is 0 Å². The first-order chi connectivity index (χ1) is 7.78. The number of thioether (sulfide) groups is 1. The molecule has 0 saturated carbocycles. The molecule has 0 aliphatic carbocycles. The van der Waals surface area contributed by atoms with Crippen molar-refractivity contribution in [2.24, 2.45) is 4.99 Å². The summed E-state index contributed by atoms with van der Waals surface area (Å²) in [6, 6.07) is 1.84. The average molecular weight is 239 g/mol. The van der Waals surface area contributed by atoms with Gasteiger partial charge in [0.15, 0.2) is 5.17 Å². The average Bonchev–Trinajstić information content (AvgIpc) is 2.96. The molecule has 5 heteroatoms. The Labute approximate surface area is 99.9 Å². The lowest BCUT2D eigenvalue weighted by Crippen LogP contribution is -2.42. The van der Waals surface area contributed by atoms with Crippen LogP contribution in [-0.4, -0.2) is 21.6 Å². The van der Waals surface area contributed by atoms with Crippen LogP contribution in [0.1, 0.15) is 32.4 Å². The molecule has 4 nitrogen and oxygen atoms in total. The third-order valence-electron chi connectivity index (χ3n) is 3.09. The van der Waals surface area contributed by atoms with Gasteiger partial charge in [-0.15, -0.1) is 0 Å². The van der Waals surface area contributed by atoms with Crippen molar-refractivity contribution in [1.29, 1.82) is 0 Å². The third kappa shape index (κ3) is 2.40. The zero-order chi connectivity index (χ0) is 11.4. The monoisotopic (exact) mass is 239 g/mol. The van der Waals surface area contributed by atoms with Crippen molar-refractivity contribution in [1.82, 2.24) is 10.5 Å². The molecule has 0 atom stereocenters. The Hall–Kier alpha value is -0.970. The number of nitrogens with zero attached hydrogens (tertiary/aromatic N) is 2. The van der Waals surface area contributed by atoms with E-state index in [1.54, 1.807) is 18.0 Å². The predicted molar refractivity (Wildman–Crippen MR) is 66.5 cm³/mol. The van der Waals surface area contributed by atoms with E-state index in [9.17, 15) is 0 Å². The van der Waals surface area contributed by atoms with E-state index < -0.39 is 0 Å². The summed E-state index contributed by atoms with van der Waals surface area (Å²) in [7, 11) is 0. The fraction of sp³-hybridized carbons (Fsp3) is 0.636. The molecule has 1 saturated heterocycles. The van der Waals surface area contributed by atoms with Crippen molar-refractivity contribution < 1.29 is 4.52 Å². The molecule has 0 unspecified atom stereocenters. The summed E-state index contributed by atoms with van der Waals surface area (Å²) in [5, 5.41) is 8.39. The molecule has 1 aliphatic heterocycles.